The van der Waals surface area contributed by atoms with Crippen molar-refractivity contribution in [3.8, 4) is 0 Å². The van der Waals surface area contributed by atoms with Gasteiger partial charge in [0, 0.05) is 12.0 Å². The summed E-state index contributed by atoms with van der Waals surface area (Å²) in [5, 5.41) is 6.30. The number of hydrogen-bond donors (Lipinski definition) is 3. The van der Waals surface area contributed by atoms with E-state index in [4.69, 9.17) is 5.73 Å². The predicted octanol–water partition coefficient (Wildman–Crippen LogP) is 0.289. The van der Waals surface area contributed by atoms with Crippen molar-refractivity contribution in [2.75, 3.05) is 6.54 Å². The van der Waals surface area contributed by atoms with Crippen LogP contribution in [-0.2, 0) is 9.59 Å². The molecule has 2 fully saturated rings. The maximum Gasteiger partial charge on any atom is 0.237 e. The van der Waals surface area contributed by atoms with Gasteiger partial charge in [-0.25, -0.2) is 0 Å². The highest BCUT2D eigenvalue weighted by molar-refractivity contribution is 5.82. The van der Waals surface area contributed by atoms with Crippen LogP contribution in [0.15, 0.2) is 0 Å². The lowest BCUT2D eigenvalue weighted by atomic mass is 9.85. The summed E-state index contributed by atoms with van der Waals surface area (Å²) in [5.41, 5.74) is 5.34. The SMILES string of the molecule is NC(=O)C1CCCC(NC(=O)C2CCCCN2)C1. The first kappa shape index (κ1) is 13.3. The Kier molecular flexibility index (Phi) is 4.58. The predicted molar refractivity (Wildman–Crippen MR) is 68.7 cm³/mol. The molecular formula is C13H23N3O2. The van der Waals surface area contributed by atoms with E-state index in [1.54, 1.807) is 0 Å². The standard InChI is InChI=1S/C13H23N3O2/c14-12(17)9-4-3-5-10(8-9)16-13(18)11-6-1-2-7-15-11/h9-11,15H,1-8H2,(H2,14,17)(H,16,18). The summed E-state index contributed by atoms with van der Waals surface area (Å²) < 4.78 is 0. The molecule has 0 aromatic rings. The van der Waals surface area contributed by atoms with E-state index in [1.165, 1.54) is 0 Å². The second-order valence-corrected chi connectivity index (χ2v) is 5.47. The maximum atomic E-state index is 12.1. The molecule has 2 amide bonds. The molecule has 3 atom stereocenters. The fourth-order valence-corrected chi connectivity index (χ4v) is 2.96. The van der Waals surface area contributed by atoms with Gasteiger partial charge in [0.25, 0.3) is 0 Å². The fraction of sp³-hybridized carbons (Fsp3) is 0.846. The van der Waals surface area contributed by atoms with Gasteiger partial charge in [-0.1, -0.05) is 12.8 Å². The van der Waals surface area contributed by atoms with Gasteiger partial charge in [0.2, 0.25) is 11.8 Å². The largest absolute Gasteiger partial charge is 0.369 e. The quantitative estimate of drug-likeness (QED) is 0.676. The van der Waals surface area contributed by atoms with E-state index in [1.807, 2.05) is 0 Å². The molecule has 4 N–H and O–H groups in total. The summed E-state index contributed by atoms with van der Waals surface area (Å²) in [5.74, 6) is -0.210. The molecule has 5 nitrogen and oxygen atoms in total. The van der Waals surface area contributed by atoms with Gasteiger partial charge in [0.05, 0.1) is 6.04 Å². The Morgan fingerprint density at radius 1 is 1.11 bits per heavy atom. The zero-order valence-electron chi connectivity index (χ0n) is 10.8. The van der Waals surface area contributed by atoms with Crippen LogP contribution in [-0.4, -0.2) is 30.4 Å². The Hall–Kier alpha value is -1.10. The second kappa shape index (κ2) is 6.18. The lowest BCUT2D eigenvalue weighted by Crippen LogP contribution is -2.51. The molecule has 2 rings (SSSR count). The first-order chi connectivity index (χ1) is 8.66. The van der Waals surface area contributed by atoms with Crippen LogP contribution < -0.4 is 16.4 Å². The zero-order chi connectivity index (χ0) is 13.0. The molecule has 0 radical (unpaired) electrons. The minimum absolute atomic E-state index is 0.0484. The van der Waals surface area contributed by atoms with Crippen molar-refractivity contribution in [2.24, 2.45) is 11.7 Å². The van der Waals surface area contributed by atoms with Crippen LogP contribution in [0.2, 0.25) is 0 Å². The minimum atomic E-state index is -0.232. The first-order valence-electron chi connectivity index (χ1n) is 7.00. The number of piperidine rings is 1. The number of rotatable bonds is 3. The van der Waals surface area contributed by atoms with Crippen LogP contribution in [0.25, 0.3) is 0 Å². The van der Waals surface area contributed by atoms with E-state index in [0.29, 0.717) is 6.42 Å². The topological polar surface area (TPSA) is 84.2 Å². The normalized spacial score (nSPS) is 32.8. The Morgan fingerprint density at radius 3 is 2.61 bits per heavy atom. The molecule has 1 heterocycles. The molecule has 2 aliphatic rings. The molecule has 0 spiro atoms. The third-order valence-corrected chi connectivity index (χ3v) is 4.05. The van der Waals surface area contributed by atoms with Gasteiger partial charge in [-0.3, -0.25) is 9.59 Å². The first-order valence-corrected chi connectivity index (χ1v) is 7.00. The Balaban J connectivity index is 1.81. The highest BCUT2D eigenvalue weighted by Gasteiger charge is 2.28. The Bertz CT molecular complexity index is 313. The summed E-state index contributed by atoms with van der Waals surface area (Å²) in [6.07, 6.45) is 6.67. The average Bonchev–Trinajstić information content (AvgIpc) is 2.40. The average molecular weight is 253 g/mol. The summed E-state index contributed by atoms with van der Waals surface area (Å²) in [4.78, 5) is 23.2. The Morgan fingerprint density at radius 2 is 1.94 bits per heavy atom. The van der Waals surface area contributed by atoms with E-state index >= 15 is 0 Å². The van der Waals surface area contributed by atoms with E-state index < -0.39 is 0 Å². The van der Waals surface area contributed by atoms with Gasteiger partial charge < -0.3 is 16.4 Å². The molecule has 1 saturated heterocycles. The summed E-state index contributed by atoms with van der Waals surface area (Å²) in [7, 11) is 0. The van der Waals surface area contributed by atoms with Crippen LogP contribution in [0.3, 0.4) is 0 Å². The van der Waals surface area contributed by atoms with Crippen molar-refractivity contribution in [3.05, 3.63) is 0 Å². The molecule has 0 aromatic carbocycles. The number of carbonyl (C=O) groups excluding carboxylic acids is 2. The molecule has 1 aliphatic heterocycles. The summed E-state index contributed by atoms with van der Waals surface area (Å²) in [6, 6.07) is 0.0696. The molecule has 1 saturated carbocycles. The number of nitrogens with one attached hydrogen (secondary N) is 2. The molecule has 18 heavy (non-hydrogen) atoms. The molecule has 102 valence electrons. The number of nitrogens with two attached hydrogens (primary N) is 1. The fourth-order valence-electron chi connectivity index (χ4n) is 2.96. The van der Waals surface area contributed by atoms with Crippen LogP contribution in [0.5, 0.6) is 0 Å². The molecule has 1 aliphatic carbocycles. The summed E-state index contributed by atoms with van der Waals surface area (Å²) in [6.45, 7) is 0.923. The van der Waals surface area contributed by atoms with Crippen molar-refractivity contribution < 1.29 is 9.59 Å². The lowest BCUT2D eigenvalue weighted by molar-refractivity contribution is -0.126. The third-order valence-electron chi connectivity index (χ3n) is 4.05. The molecule has 3 unspecified atom stereocenters. The van der Waals surface area contributed by atoms with Gasteiger partial charge in [0.15, 0.2) is 0 Å². The van der Waals surface area contributed by atoms with Crippen molar-refractivity contribution in [1.29, 1.82) is 0 Å². The zero-order valence-corrected chi connectivity index (χ0v) is 10.8. The van der Waals surface area contributed by atoms with E-state index in [-0.39, 0.29) is 29.8 Å². The number of primary amides is 1. The number of hydrogen-bond acceptors (Lipinski definition) is 3. The highest BCUT2D eigenvalue weighted by Crippen LogP contribution is 2.24. The molecular weight excluding hydrogens is 230 g/mol. The van der Waals surface area contributed by atoms with Crippen LogP contribution in [0.4, 0.5) is 0 Å². The van der Waals surface area contributed by atoms with Gasteiger partial charge in [-0.2, -0.15) is 0 Å². The third kappa shape index (κ3) is 3.45. The van der Waals surface area contributed by atoms with Gasteiger partial charge in [-0.05, 0) is 38.6 Å². The monoisotopic (exact) mass is 253 g/mol. The van der Waals surface area contributed by atoms with E-state index in [9.17, 15) is 9.59 Å². The number of amides is 2. The Labute approximate surface area is 108 Å². The smallest absolute Gasteiger partial charge is 0.237 e. The lowest BCUT2D eigenvalue weighted by Gasteiger charge is -2.30. The van der Waals surface area contributed by atoms with Crippen LogP contribution in [0, 0.1) is 5.92 Å². The van der Waals surface area contributed by atoms with Gasteiger partial charge in [-0.15, -0.1) is 0 Å². The molecule has 5 heteroatoms. The van der Waals surface area contributed by atoms with Gasteiger partial charge >= 0.3 is 0 Å². The van der Waals surface area contributed by atoms with Crippen LogP contribution >= 0.6 is 0 Å². The van der Waals surface area contributed by atoms with Crippen molar-refractivity contribution in [2.45, 2.75) is 57.0 Å². The van der Waals surface area contributed by atoms with Crippen LogP contribution in [0.1, 0.15) is 44.9 Å². The van der Waals surface area contributed by atoms with Gasteiger partial charge in [0.1, 0.15) is 0 Å². The van der Waals surface area contributed by atoms with Crippen molar-refractivity contribution in [3.63, 3.8) is 0 Å². The maximum absolute atomic E-state index is 12.1. The molecule has 0 bridgehead atoms. The minimum Gasteiger partial charge on any atom is -0.369 e. The van der Waals surface area contributed by atoms with Crippen molar-refractivity contribution >= 4 is 11.8 Å². The molecule has 0 aromatic heterocycles. The van der Waals surface area contributed by atoms with E-state index in [0.717, 1.165) is 45.1 Å². The van der Waals surface area contributed by atoms with E-state index in [2.05, 4.69) is 10.6 Å². The number of carbonyl (C=O) groups is 2. The summed E-state index contributed by atoms with van der Waals surface area (Å²) >= 11 is 0. The highest BCUT2D eigenvalue weighted by atomic mass is 16.2. The van der Waals surface area contributed by atoms with Crippen molar-refractivity contribution in [1.82, 2.24) is 10.6 Å². The second-order valence-electron chi connectivity index (χ2n) is 5.47.